The summed E-state index contributed by atoms with van der Waals surface area (Å²) in [4.78, 5) is 12.8. The minimum Gasteiger partial charge on any atom is -0.354 e. The van der Waals surface area contributed by atoms with Crippen molar-refractivity contribution in [3.05, 3.63) is 77.9 Å². The van der Waals surface area contributed by atoms with Gasteiger partial charge in [-0.15, -0.1) is 0 Å². The highest BCUT2D eigenvalue weighted by Gasteiger charge is 2.28. The number of aromatic nitrogens is 1. The average molecular weight is 328 g/mol. The van der Waals surface area contributed by atoms with Crippen molar-refractivity contribution in [3.8, 4) is 11.3 Å². The molecule has 24 heavy (non-hydrogen) atoms. The van der Waals surface area contributed by atoms with Crippen molar-refractivity contribution in [1.29, 1.82) is 0 Å². The van der Waals surface area contributed by atoms with E-state index in [1.807, 2.05) is 66.7 Å². The summed E-state index contributed by atoms with van der Waals surface area (Å²) in [7, 11) is 0. The van der Waals surface area contributed by atoms with Crippen molar-refractivity contribution in [2.24, 2.45) is 0 Å². The summed E-state index contributed by atoms with van der Waals surface area (Å²) in [6.07, 6.45) is 0. The summed E-state index contributed by atoms with van der Waals surface area (Å²) in [6.45, 7) is 0. The summed E-state index contributed by atoms with van der Waals surface area (Å²) in [5.74, 6) is 0.0783. The predicted octanol–water partition coefficient (Wildman–Crippen LogP) is 5.25. The molecule has 0 saturated carbocycles. The maximum atomic E-state index is 12.8. The Bertz CT molecular complexity index is 1100. The Morgan fingerprint density at radius 2 is 1.54 bits per heavy atom. The fraction of sp³-hybridized carbons (Fsp3) is 0. The molecule has 0 unspecified atom stereocenters. The van der Waals surface area contributed by atoms with E-state index in [2.05, 4.69) is 9.69 Å². The summed E-state index contributed by atoms with van der Waals surface area (Å²) in [6, 6.07) is 21.6. The van der Waals surface area contributed by atoms with Crippen molar-refractivity contribution < 1.29 is 4.79 Å². The topological polar surface area (TPSA) is 42.0 Å². The monoisotopic (exact) mass is 328 g/mol. The normalized spacial score (nSPS) is 12.2. The number of nitrogens with zero attached hydrogens (tertiary/aromatic N) is 1. The molecule has 1 N–H and O–H groups in total. The Morgan fingerprint density at radius 1 is 0.792 bits per heavy atom. The van der Waals surface area contributed by atoms with Gasteiger partial charge in [0.2, 0.25) is 0 Å². The average Bonchev–Trinajstić information content (AvgIpc) is 3.08. The summed E-state index contributed by atoms with van der Waals surface area (Å²) in [5, 5.41) is 4.40. The lowest BCUT2D eigenvalue weighted by Gasteiger charge is -2.16. The van der Waals surface area contributed by atoms with Gasteiger partial charge in [0.05, 0.1) is 16.1 Å². The summed E-state index contributed by atoms with van der Waals surface area (Å²) in [5.41, 5.74) is 5.32. The number of hydrogen-bond donors (Lipinski definition) is 1. The largest absolute Gasteiger partial charge is 0.354 e. The second-order valence-electron chi connectivity index (χ2n) is 5.76. The number of anilines is 2. The molecule has 4 heteroatoms. The number of hydrogen-bond acceptors (Lipinski definition) is 4. The SMILES string of the molecule is O=C1c2ccccc2-c2nsc3c(Nc4ccccc4)ccc1c23. The van der Waals surface area contributed by atoms with Crippen LogP contribution >= 0.6 is 11.5 Å². The fourth-order valence-electron chi connectivity index (χ4n) is 3.23. The van der Waals surface area contributed by atoms with E-state index in [9.17, 15) is 4.79 Å². The molecule has 0 fully saturated rings. The van der Waals surface area contributed by atoms with Crippen molar-refractivity contribution in [1.82, 2.24) is 4.37 Å². The number of fused-ring (bicyclic) bond motifs is 2. The lowest BCUT2D eigenvalue weighted by Crippen LogP contribution is -2.09. The van der Waals surface area contributed by atoms with Gasteiger partial charge in [-0.3, -0.25) is 4.79 Å². The molecule has 4 aromatic rings. The molecule has 1 aliphatic carbocycles. The standard InChI is InChI=1S/C20H12N2OS/c23-19-14-9-5-4-8-13(14)18-17-15(19)10-11-16(20(17)24-22-18)21-12-6-2-1-3-7-12/h1-11,21H. The van der Waals surface area contributed by atoms with Crippen LogP contribution in [0.1, 0.15) is 15.9 Å². The molecule has 0 spiro atoms. The number of carbonyl (C=O) groups excluding carboxylic acids is 1. The first kappa shape index (κ1) is 13.5. The third kappa shape index (κ3) is 1.83. The first-order chi connectivity index (χ1) is 11.8. The molecule has 0 radical (unpaired) electrons. The van der Waals surface area contributed by atoms with Gasteiger partial charge in [0.15, 0.2) is 5.78 Å². The number of carbonyl (C=O) groups is 1. The Hall–Kier alpha value is -2.98. The number of nitrogens with one attached hydrogen (secondary N) is 1. The molecule has 114 valence electrons. The molecule has 1 aromatic heterocycles. The number of para-hydroxylation sites is 1. The molecular formula is C20H12N2OS. The number of rotatable bonds is 2. The van der Waals surface area contributed by atoms with Gasteiger partial charge in [-0.05, 0) is 35.8 Å². The lowest BCUT2D eigenvalue weighted by atomic mass is 9.87. The van der Waals surface area contributed by atoms with E-state index in [-0.39, 0.29) is 5.78 Å². The maximum Gasteiger partial charge on any atom is 0.194 e. The fourth-order valence-corrected chi connectivity index (χ4v) is 4.12. The molecule has 1 heterocycles. The maximum absolute atomic E-state index is 12.8. The van der Waals surface area contributed by atoms with E-state index in [1.165, 1.54) is 11.5 Å². The molecule has 0 saturated heterocycles. The van der Waals surface area contributed by atoms with Crippen LogP contribution in [0.5, 0.6) is 0 Å². The van der Waals surface area contributed by atoms with Gasteiger partial charge < -0.3 is 5.32 Å². The smallest absolute Gasteiger partial charge is 0.194 e. The molecule has 0 amide bonds. The molecule has 1 aliphatic rings. The van der Waals surface area contributed by atoms with E-state index in [1.54, 1.807) is 0 Å². The van der Waals surface area contributed by atoms with Gasteiger partial charge >= 0.3 is 0 Å². The highest BCUT2D eigenvalue weighted by molar-refractivity contribution is 7.14. The van der Waals surface area contributed by atoms with Crippen molar-refractivity contribution in [2.45, 2.75) is 0 Å². The predicted molar refractivity (Wildman–Crippen MR) is 98.2 cm³/mol. The van der Waals surface area contributed by atoms with Gasteiger partial charge in [-0.25, -0.2) is 0 Å². The van der Waals surface area contributed by atoms with Crippen molar-refractivity contribution in [2.75, 3.05) is 5.32 Å². The first-order valence-electron chi connectivity index (χ1n) is 7.71. The Labute approximate surface area is 142 Å². The molecule has 0 bridgehead atoms. The lowest BCUT2D eigenvalue weighted by molar-refractivity contribution is 0.104. The summed E-state index contributed by atoms with van der Waals surface area (Å²) >= 11 is 1.44. The van der Waals surface area contributed by atoms with Crippen LogP contribution in [0.3, 0.4) is 0 Å². The van der Waals surface area contributed by atoms with E-state index in [0.717, 1.165) is 43.8 Å². The van der Waals surface area contributed by atoms with Crippen LogP contribution in [0.15, 0.2) is 66.7 Å². The Balaban J connectivity index is 1.75. The van der Waals surface area contributed by atoms with E-state index in [0.29, 0.717) is 0 Å². The molecule has 0 aliphatic heterocycles. The van der Waals surface area contributed by atoms with Crippen LogP contribution < -0.4 is 5.32 Å². The number of ketones is 1. The van der Waals surface area contributed by atoms with E-state index < -0.39 is 0 Å². The zero-order valence-electron chi connectivity index (χ0n) is 12.6. The van der Waals surface area contributed by atoms with Gasteiger partial charge in [0.25, 0.3) is 0 Å². The van der Waals surface area contributed by atoms with Crippen molar-refractivity contribution >= 4 is 38.8 Å². The van der Waals surface area contributed by atoms with E-state index in [4.69, 9.17) is 0 Å². The highest BCUT2D eigenvalue weighted by atomic mass is 32.1. The van der Waals surface area contributed by atoms with Crippen molar-refractivity contribution in [3.63, 3.8) is 0 Å². The zero-order valence-corrected chi connectivity index (χ0v) is 13.4. The van der Waals surface area contributed by atoms with Crippen LogP contribution in [0.25, 0.3) is 21.3 Å². The van der Waals surface area contributed by atoms with Crippen LogP contribution in [-0.4, -0.2) is 10.2 Å². The van der Waals surface area contributed by atoms with Gasteiger partial charge in [0, 0.05) is 27.8 Å². The quantitative estimate of drug-likeness (QED) is 0.481. The highest BCUT2D eigenvalue weighted by Crippen LogP contribution is 2.43. The summed E-state index contributed by atoms with van der Waals surface area (Å²) < 4.78 is 5.68. The zero-order chi connectivity index (χ0) is 16.1. The Kier molecular flexibility index (Phi) is 2.81. The minimum absolute atomic E-state index is 0.0783. The second kappa shape index (κ2) is 5.01. The molecule has 0 atom stereocenters. The van der Waals surface area contributed by atoms with Gasteiger partial charge in [-0.1, -0.05) is 42.5 Å². The molecular weight excluding hydrogens is 316 g/mol. The van der Waals surface area contributed by atoms with Crippen LogP contribution in [-0.2, 0) is 0 Å². The van der Waals surface area contributed by atoms with E-state index >= 15 is 0 Å². The number of benzene rings is 3. The van der Waals surface area contributed by atoms with Crippen LogP contribution in [0.2, 0.25) is 0 Å². The molecule has 3 aromatic carbocycles. The van der Waals surface area contributed by atoms with Gasteiger partial charge in [-0.2, -0.15) is 4.37 Å². The molecule has 5 rings (SSSR count). The van der Waals surface area contributed by atoms with Gasteiger partial charge in [0.1, 0.15) is 0 Å². The molecule has 3 nitrogen and oxygen atoms in total. The third-order valence-corrected chi connectivity index (χ3v) is 5.23. The van der Waals surface area contributed by atoms with Crippen LogP contribution in [0.4, 0.5) is 11.4 Å². The minimum atomic E-state index is 0.0783. The first-order valence-corrected chi connectivity index (χ1v) is 8.49. The third-order valence-electron chi connectivity index (χ3n) is 4.35. The van der Waals surface area contributed by atoms with Crippen LogP contribution in [0, 0.1) is 0 Å². The second-order valence-corrected chi connectivity index (χ2v) is 6.54. The Morgan fingerprint density at radius 3 is 2.38 bits per heavy atom.